The average molecular weight is 290 g/mol. The van der Waals surface area contributed by atoms with Crippen molar-refractivity contribution in [1.29, 1.82) is 0 Å². The molecule has 2 aliphatic rings. The van der Waals surface area contributed by atoms with E-state index in [9.17, 15) is 4.79 Å². The number of carbonyl (C=O) groups excluding carboxylic acids is 1. The molecule has 2 amide bonds. The van der Waals surface area contributed by atoms with Gasteiger partial charge in [-0.2, -0.15) is 5.10 Å². The van der Waals surface area contributed by atoms with Gasteiger partial charge in [0.2, 0.25) is 0 Å². The summed E-state index contributed by atoms with van der Waals surface area (Å²) in [6.07, 6.45) is 10.0. The van der Waals surface area contributed by atoms with E-state index in [0.717, 1.165) is 32.2 Å². The van der Waals surface area contributed by atoms with Gasteiger partial charge in [-0.3, -0.25) is 4.68 Å². The van der Waals surface area contributed by atoms with Gasteiger partial charge in [-0.05, 0) is 43.9 Å². The molecular weight excluding hydrogens is 264 g/mol. The van der Waals surface area contributed by atoms with E-state index in [2.05, 4.69) is 22.7 Å². The molecule has 0 unspecified atom stereocenters. The zero-order valence-corrected chi connectivity index (χ0v) is 13.1. The summed E-state index contributed by atoms with van der Waals surface area (Å²) in [6.45, 7) is 3.03. The molecule has 1 heterocycles. The van der Waals surface area contributed by atoms with Crippen molar-refractivity contribution in [1.82, 2.24) is 20.4 Å². The molecule has 1 aromatic rings. The first kappa shape index (κ1) is 14.4. The van der Waals surface area contributed by atoms with E-state index in [1.54, 1.807) is 0 Å². The molecule has 0 aromatic carbocycles. The summed E-state index contributed by atoms with van der Waals surface area (Å²) in [6, 6.07) is 0.0813. The van der Waals surface area contributed by atoms with Crippen LogP contribution in [0.1, 0.15) is 62.7 Å². The molecule has 0 radical (unpaired) electrons. The number of hydrogen-bond donors (Lipinski definition) is 2. The third-order valence-corrected chi connectivity index (χ3v) is 5.47. The molecule has 0 saturated heterocycles. The lowest BCUT2D eigenvalue weighted by atomic mass is 9.67. The lowest BCUT2D eigenvalue weighted by Crippen LogP contribution is -2.46. The van der Waals surface area contributed by atoms with E-state index in [4.69, 9.17) is 0 Å². The minimum Gasteiger partial charge on any atom is -0.338 e. The first-order valence-electron chi connectivity index (χ1n) is 8.19. The van der Waals surface area contributed by atoms with Gasteiger partial charge in [0.15, 0.2) is 0 Å². The highest BCUT2D eigenvalue weighted by molar-refractivity contribution is 5.74. The summed E-state index contributed by atoms with van der Waals surface area (Å²) in [5.41, 5.74) is 2.81. The van der Waals surface area contributed by atoms with Crippen molar-refractivity contribution in [2.24, 2.45) is 12.5 Å². The monoisotopic (exact) mass is 290 g/mol. The molecule has 2 aliphatic carbocycles. The summed E-state index contributed by atoms with van der Waals surface area (Å²) in [7, 11) is 1.98. The van der Waals surface area contributed by atoms with Gasteiger partial charge in [0.25, 0.3) is 0 Å². The number of fused-ring (bicyclic) bond motifs is 1. The van der Waals surface area contributed by atoms with Crippen molar-refractivity contribution in [3.8, 4) is 0 Å². The lowest BCUT2D eigenvalue weighted by Gasteiger charge is -2.41. The SMILES string of the molecule is CCC1(CNC(=O)N[C@H]2CCCc3c2cnn3C)CCC1. The van der Waals surface area contributed by atoms with E-state index in [-0.39, 0.29) is 12.1 Å². The number of amides is 2. The minimum absolute atomic E-state index is 0.0311. The molecule has 21 heavy (non-hydrogen) atoms. The maximum atomic E-state index is 12.2. The van der Waals surface area contributed by atoms with E-state index < -0.39 is 0 Å². The second kappa shape index (κ2) is 5.70. The Kier molecular flexibility index (Phi) is 3.91. The van der Waals surface area contributed by atoms with Gasteiger partial charge >= 0.3 is 6.03 Å². The number of nitrogens with one attached hydrogen (secondary N) is 2. The van der Waals surface area contributed by atoms with Crippen LogP contribution in [0.4, 0.5) is 4.79 Å². The predicted molar refractivity (Wildman–Crippen MR) is 82.0 cm³/mol. The fourth-order valence-electron chi connectivity index (χ4n) is 3.67. The fraction of sp³-hybridized carbons (Fsp3) is 0.750. The largest absolute Gasteiger partial charge is 0.338 e. The Morgan fingerprint density at radius 1 is 1.48 bits per heavy atom. The van der Waals surface area contributed by atoms with Crippen LogP contribution in [0.3, 0.4) is 0 Å². The maximum Gasteiger partial charge on any atom is 0.315 e. The first-order valence-corrected chi connectivity index (χ1v) is 8.19. The highest BCUT2D eigenvalue weighted by Crippen LogP contribution is 2.43. The Labute approximate surface area is 126 Å². The lowest BCUT2D eigenvalue weighted by molar-refractivity contribution is 0.125. The molecule has 0 spiro atoms. The van der Waals surface area contributed by atoms with Crippen LogP contribution >= 0.6 is 0 Å². The Hall–Kier alpha value is -1.52. The van der Waals surface area contributed by atoms with Gasteiger partial charge < -0.3 is 10.6 Å². The van der Waals surface area contributed by atoms with Crippen LogP contribution in [-0.2, 0) is 13.5 Å². The second-order valence-corrected chi connectivity index (χ2v) is 6.65. The normalized spacial score (nSPS) is 23.0. The molecule has 5 heteroatoms. The number of urea groups is 1. The summed E-state index contributed by atoms with van der Waals surface area (Å²) < 4.78 is 1.93. The van der Waals surface area contributed by atoms with Crippen LogP contribution in [0.2, 0.25) is 0 Å². The number of carbonyl (C=O) groups is 1. The smallest absolute Gasteiger partial charge is 0.315 e. The molecule has 0 bridgehead atoms. The van der Waals surface area contributed by atoms with Gasteiger partial charge in [-0.25, -0.2) is 4.79 Å². The van der Waals surface area contributed by atoms with Crippen LogP contribution in [0.5, 0.6) is 0 Å². The van der Waals surface area contributed by atoms with Crippen LogP contribution in [0, 0.1) is 5.41 Å². The summed E-state index contributed by atoms with van der Waals surface area (Å²) in [5.74, 6) is 0. The number of aromatic nitrogens is 2. The minimum atomic E-state index is -0.0311. The van der Waals surface area contributed by atoms with Crippen molar-refractivity contribution in [2.45, 2.75) is 57.9 Å². The Morgan fingerprint density at radius 3 is 2.95 bits per heavy atom. The van der Waals surface area contributed by atoms with Crippen LogP contribution in [0.15, 0.2) is 6.20 Å². The Morgan fingerprint density at radius 2 is 2.29 bits per heavy atom. The van der Waals surface area contributed by atoms with Gasteiger partial charge in [0.1, 0.15) is 0 Å². The molecule has 1 atom stereocenters. The topological polar surface area (TPSA) is 59.0 Å². The van der Waals surface area contributed by atoms with E-state index in [1.807, 2.05) is 17.9 Å². The molecule has 116 valence electrons. The van der Waals surface area contributed by atoms with Gasteiger partial charge in [-0.1, -0.05) is 13.3 Å². The molecule has 2 N–H and O–H groups in total. The first-order chi connectivity index (χ1) is 10.1. The quantitative estimate of drug-likeness (QED) is 0.895. The number of aryl methyl sites for hydroxylation is 1. The molecule has 1 saturated carbocycles. The molecule has 3 rings (SSSR count). The Balaban J connectivity index is 1.56. The number of rotatable bonds is 4. The van der Waals surface area contributed by atoms with Crippen molar-refractivity contribution in [3.05, 3.63) is 17.5 Å². The summed E-state index contributed by atoms with van der Waals surface area (Å²) >= 11 is 0. The molecule has 5 nitrogen and oxygen atoms in total. The van der Waals surface area contributed by atoms with Crippen molar-refractivity contribution < 1.29 is 4.79 Å². The van der Waals surface area contributed by atoms with E-state index in [0.29, 0.717) is 5.41 Å². The standard InChI is InChI=1S/C16H26N4O/c1-3-16(8-5-9-16)11-17-15(21)19-13-6-4-7-14-12(13)10-18-20(14)2/h10,13H,3-9,11H2,1-2H3,(H2,17,19,21)/t13-/m0/s1. The summed E-state index contributed by atoms with van der Waals surface area (Å²) in [5, 5.41) is 10.5. The number of hydrogen-bond acceptors (Lipinski definition) is 2. The van der Waals surface area contributed by atoms with Crippen LogP contribution in [0.25, 0.3) is 0 Å². The number of nitrogens with zero attached hydrogens (tertiary/aromatic N) is 2. The van der Waals surface area contributed by atoms with Crippen molar-refractivity contribution in [3.63, 3.8) is 0 Å². The summed E-state index contributed by atoms with van der Waals surface area (Å²) in [4.78, 5) is 12.2. The third-order valence-electron chi connectivity index (χ3n) is 5.47. The van der Waals surface area contributed by atoms with Crippen molar-refractivity contribution >= 4 is 6.03 Å². The van der Waals surface area contributed by atoms with Gasteiger partial charge in [0, 0.05) is 24.8 Å². The average Bonchev–Trinajstić information content (AvgIpc) is 2.81. The zero-order valence-electron chi connectivity index (χ0n) is 13.1. The third kappa shape index (κ3) is 2.78. The zero-order chi connectivity index (χ0) is 14.9. The molecule has 1 fully saturated rings. The maximum absolute atomic E-state index is 12.2. The fourth-order valence-corrected chi connectivity index (χ4v) is 3.67. The Bertz CT molecular complexity index is 513. The van der Waals surface area contributed by atoms with Crippen molar-refractivity contribution in [2.75, 3.05) is 6.54 Å². The highest BCUT2D eigenvalue weighted by Gasteiger charge is 2.35. The molecule has 1 aromatic heterocycles. The van der Waals surface area contributed by atoms with Gasteiger partial charge in [-0.15, -0.1) is 0 Å². The second-order valence-electron chi connectivity index (χ2n) is 6.65. The van der Waals surface area contributed by atoms with Crippen LogP contribution < -0.4 is 10.6 Å². The molecule has 0 aliphatic heterocycles. The van der Waals surface area contributed by atoms with Gasteiger partial charge in [0.05, 0.1) is 12.2 Å². The molecular formula is C16H26N4O. The highest BCUT2D eigenvalue weighted by atomic mass is 16.2. The van der Waals surface area contributed by atoms with E-state index in [1.165, 1.54) is 30.5 Å². The van der Waals surface area contributed by atoms with E-state index >= 15 is 0 Å². The van der Waals surface area contributed by atoms with Crippen LogP contribution in [-0.4, -0.2) is 22.4 Å². The predicted octanol–water partition coefficient (Wildman–Crippen LogP) is 2.68.